The minimum Gasteiger partial charge on any atom is -0.354 e. The monoisotopic (exact) mass is 280 g/mol. The molecule has 0 spiro atoms. The van der Waals surface area contributed by atoms with E-state index in [-0.39, 0.29) is 0 Å². The largest absolute Gasteiger partial charge is 0.354 e. The van der Waals surface area contributed by atoms with Crippen LogP contribution in [0, 0.1) is 10.7 Å². The number of nitrogens with zero attached hydrogens (tertiary/aromatic N) is 5. The lowest BCUT2D eigenvalue weighted by Gasteiger charge is -2.21. The summed E-state index contributed by atoms with van der Waals surface area (Å²) in [5, 5.41) is 14.3. The summed E-state index contributed by atoms with van der Waals surface area (Å²) >= 11 is 0.960. The first kappa shape index (κ1) is 15.5. The number of aromatic nitrogens is 3. The number of rotatable bonds is 8. The van der Waals surface area contributed by atoms with E-state index in [1.807, 2.05) is 12.3 Å². The minimum atomic E-state index is 0.445. The Morgan fingerprint density at radius 2 is 1.84 bits per heavy atom. The van der Waals surface area contributed by atoms with Gasteiger partial charge in [-0.1, -0.05) is 13.8 Å². The molecular formula is C12H20N6S. The van der Waals surface area contributed by atoms with Crippen molar-refractivity contribution in [2.75, 3.05) is 29.9 Å². The molecule has 6 nitrogen and oxygen atoms in total. The summed E-state index contributed by atoms with van der Waals surface area (Å²) < 4.78 is 0. The Labute approximate surface area is 118 Å². The number of hydrogen-bond donors (Lipinski definition) is 1. The smallest absolute Gasteiger partial charge is 0.231 e. The Kier molecular flexibility index (Phi) is 6.97. The van der Waals surface area contributed by atoms with Gasteiger partial charge in [0.05, 0.1) is 0 Å². The van der Waals surface area contributed by atoms with Crippen LogP contribution in [0.5, 0.6) is 0 Å². The van der Waals surface area contributed by atoms with E-state index in [4.69, 9.17) is 5.26 Å². The number of hydrogen-bond acceptors (Lipinski definition) is 7. The van der Waals surface area contributed by atoms with Crippen molar-refractivity contribution in [2.45, 2.75) is 38.8 Å². The molecule has 7 heteroatoms. The highest BCUT2D eigenvalue weighted by Gasteiger charge is 2.12. The maximum Gasteiger partial charge on any atom is 0.231 e. The molecule has 1 heterocycles. The van der Waals surface area contributed by atoms with Gasteiger partial charge in [-0.2, -0.15) is 20.2 Å². The van der Waals surface area contributed by atoms with Crippen LogP contribution in [0.3, 0.4) is 0 Å². The summed E-state index contributed by atoms with van der Waals surface area (Å²) in [6.07, 6.45) is 2.06. The van der Waals surface area contributed by atoms with Gasteiger partial charge in [0.15, 0.2) is 0 Å². The van der Waals surface area contributed by atoms with Gasteiger partial charge in [-0.05, 0) is 19.8 Å². The van der Waals surface area contributed by atoms with E-state index in [1.165, 1.54) is 0 Å². The van der Waals surface area contributed by atoms with Gasteiger partial charge in [0.1, 0.15) is 5.40 Å². The van der Waals surface area contributed by atoms with E-state index in [9.17, 15) is 0 Å². The van der Waals surface area contributed by atoms with Crippen molar-refractivity contribution < 1.29 is 0 Å². The zero-order valence-corrected chi connectivity index (χ0v) is 12.5. The third-order valence-electron chi connectivity index (χ3n) is 2.34. The van der Waals surface area contributed by atoms with Crippen LogP contribution in [0.2, 0.25) is 0 Å². The van der Waals surface area contributed by atoms with Crippen LogP contribution in [0.1, 0.15) is 33.6 Å². The first-order valence-electron chi connectivity index (χ1n) is 6.55. The van der Waals surface area contributed by atoms with Crippen LogP contribution in [-0.4, -0.2) is 34.6 Å². The Balaban J connectivity index is 3.04. The fraction of sp³-hybridized carbons (Fsp3) is 0.667. The number of nitriles is 1. The zero-order valence-electron chi connectivity index (χ0n) is 11.7. The van der Waals surface area contributed by atoms with E-state index in [1.54, 1.807) is 0 Å². The molecule has 0 fully saturated rings. The Morgan fingerprint density at radius 3 is 2.37 bits per heavy atom. The number of anilines is 2. The number of thioether (sulfide) groups is 1. The maximum atomic E-state index is 8.76. The standard InChI is InChI=1S/C12H20N6S/c1-4-7-18(8-5-2)11-15-10(14-6-3)16-12(17-11)19-9-13/h4-8H2,1-3H3,(H,14,15,16,17). The SMILES string of the molecule is CCCN(CCC)c1nc(NCC)nc(SC#N)n1. The maximum absolute atomic E-state index is 8.76. The van der Waals surface area contributed by atoms with Crippen molar-refractivity contribution in [2.24, 2.45) is 0 Å². The predicted octanol–water partition coefficient (Wildman–Crippen LogP) is 2.50. The molecule has 0 atom stereocenters. The lowest BCUT2D eigenvalue weighted by Crippen LogP contribution is -2.27. The second-order valence-electron chi connectivity index (χ2n) is 3.95. The molecule has 0 aliphatic carbocycles. The lowest BCUT2D eigenvalue weighted by molar-refractivity contribution is 0.707. The Morgan fingerprint density at radius 1 is 1.16 bits per heavy atom. The molecule has 1 aromatic rings. The molecule has 104 valence electrons. The van der Waals surface area contributed by atoms with E-state index in [0.717, 1.165) is 44.2 Å². The molecule has 0 saturated heterocycles. The van der Waals surface area contributed by atoms with E-state index in [2.05, 4.69) is 39.0 Å². The first-order chi connectivity index (χ1) is 9.24. The average molecular weight is 280 g/mol. The van der Waals surface area contributed by atoms with Gasteiger partial charge >= 0.3 is 0 Å². The molecule has 0 aliphatic heterocycles. The van der Waals surface area contributed by atoms with Crippen molar-refractivity contribution in [3.8, 4) is 5.40 Å². The van der Waals surface area contributed by atoms with Crippen LogP contribution >= 0.6 is 11.8 Å². The van der Waals surface area contributed by atoms with Crippen molar-refractivity contribution in [3.63, 3.8) is 0 Å². The summed E-state index contributed by atoms with van der Waals surface area (Å²) in [4.78, 5) is 15.1. The number of nitrogens with one attached hydrogen (secondary N) is 1. The van der Waals surface area contributed by atoms with Crippen LogP contribution in [0.15, 0.2) is 5.16 Å². The summed E-state index contributed by atoms with van der Waals surface area (Å²) in [5.41, 5.74) is 0. The molecule has 0 aliphatic rings. The molecule has 0 radical (unpaired) electrons. The molecule has 0 aromatic carbocycles. The van der Waals surface area contributed by atoms with Crippen LogP contribution < -0.4 is 10.2 Å². The zero-order chi connectivity index (χ0) is 14.1. The van der Waals surface area contributed by atoms with Gasteiger partial charge in [0.2, 0.25) is 17.1 Å². The van der Waals surface area contributed by atoms with Gasteiger partial charge in [-0.15, -0.1) is 0 Å². The van der Waals surface area contributed by atoms with E-state index < -0.39 is 0 Å². The highest BCUT2D eigenvalue weighted by molar-refractivity contribution is 8.03. The number of thiocyanates is 1. The molecule has 0 saturated carbocycles. The van der Waals surface area contributed by atoms with Gasteiger partial charge in [-0.3, -0.25) is 0 Å². The molecule has 0 bridgehead atoms. The van der Waals surface area contributed by atoms with Crippen LogP contribution in [0.25, 0.3) is 0 Å². The predicted molar refractivity (Wildman–Crippen MR) is 78.3 cm³/mol. The summed E-state index contributed by atoms with van der Waals surface area (Å²) in [7, 11) is 0. The highest BCUT2D eigenvalue weighted by atomic mass is 32.2. The fourth-order valence-corrected chi connectivity index (χ4v) is 2.00. The molecule has 1 aromatic heterocycles. The minimum absolute atomic E-state index is 0.445. The lowest BCUT2D eigenvalue weighted by atomic mass is 10.4. The molecule has 19 heavy (non-hydrogen) atoms. The van der Waals surface area contributed by atoms with Crippen LogP contribution in [-0.2, 0) is 0 Å². The molecular weight excluding hydrogens is 260 g/mol. The summed E-state index contributed by atoms with van der Waals surface area (Å²) in [5.74, 6) is 1.18. The molecule has 1 rings (SSSR count). The van der Waals surface area contributed by atoms with Crippen molar-refractivity contribution in [3.05, 3.63) is 0 Å². The Hall–Kier alpha value is -1.55. The van der Waals surface area contributed by atoms with Crippen molar-refractivity contribution in [1.29, 1.82) is 5.26 Å². The van der Waals surface area contributed by atoms with Crippen molar-refractivity contribution >= 4 is 23.7 Å². The van der Waals surface area contributed by atoms with Gasteiger partial charge in [0, 0.05) is 31.4 Å². The summed E-state index contributed by atoms with van der Waals surface area (Å²) in [6.45, 7) is 8.78. The highest BCUT2D eigenvalue weighted by Crippen LogP contribution is 2.18. The van der Waals surface area contributed by atoms with Crippen molar-refractivity contribution in [1.82, 2.24) is 15.0 Å². The molecule has 1 N–H and O–H groups in total. The summed E-state index contributed by atoms with van der Waals surface area (Å²) in [6, 6.07) is 0. The average Bonchev–Trinajstić information content (AvgIpc) is 2.39. The van der Waals surface area contributed by atoms with E-state index in [0.29, 0.717) is 17.1 Å². The fourth-order valence-electron chi connectivity index (χ4n) is 1.66. The van der Waals surface area contributed by atoms with E-state index >= 15 is 0 Å². The van der Waals surface area contributed by atoms with Gasteiger partial charge in [0.25, 0.3) is 0 Å². The Bertz CT molecular complexity index is 425. The van der Waals surface area contributed by atoms with Crippen LogP contribution in [0.4, 0.5) is 11.9 Å². The second kappa shape index (κ2) is 8.53. The first-order valence-corrected chi connectivity index (χ1v) is 7.37. The topological polar surface area (TPSA) is 77.7 Å². The van der Waals surface area contributed by atoms with Gasteiger partial charge < -0.3 is 10.2 Å². The second-order valence-corrected chi connectivity index (χ2v) is 4.70. The quantitative estimate of drug-likeness (QED) is 0.579. The molecule has 0 unspecified atom stereocenters. The third-order valence-corrected chi connectivity index (χ3v) is 2.80. The van der Waals surface area contributed by atoms with Gasteiger partial charge in [-0.25, -0.2) is 0 Å². The normalized spacial score (nSPS) is 10.0. The molecule has 0 amide bonds. The third kappa shape index (κ3) is 4.91.